The second-order valence-corrected chi connectivity index (χ2v) is 6.55. The summed E-state index contributed by atoms with van der Waals surface area (Å²) in [6.45, 7) is 4.20. The molecule has 15 heavy (non-hydrogen) atoms. The summed E-state index contributed by atoms with van der Waals surface area (Å²) in [7, 11) is 0. The molecule has 0 spiro atoms. The number of hydrogen-bond acceptors (Lipinski definition) is 3. The lowest BCUT2D eigenvalue weighted by molar-refractivity contribution is -0.142. The van der Waals surface area contributed by atoms with E-state index >= 15 is 0 Å². The van der Waals surface area contributed by atoms with Gasteiger partial charge in [-0.1, -0.05) is 0 Å². The molecule has 2 heterocycles. The van der Waals surface area contributed by atoms with E-state index in [1.807, 2.05) is 11.8 Å². The van der Waals surface area contributed by atoms with E-state index in [1.165, 1.54) is 18.6 Å². The third kappa shape index (κ3) is 2.48. The molecule has 0 aromatic heterocycles. The van der Waals surface area contributed by atoms with Crippen LogP contribution in [0.25, 0.3) is 0 Å². The Bertz CT molecular complexity index is 251. The monoisotopic (exact) mass is 229 g/mol. The predicted octanol–water partition coefficient (Wildman–Crippen LogP) is 1.82. The Kier molecular flexibility index (Phi) is 3.26. The van der Waals surface area contributed by atoms with Crippen molar-refractivity contribution < 1.29 is 9.90 Å². The Balaban J connectivity index is 1.95. The van der Waals surface area contributed by atoms with Gasteiger partial charge in [-0.25, -0.2) is 0 Å². The fraction of sp³-hybridized carbons (Fsp3) is 0.909. The molecule has 86 valence electrons. The molecule has 0 bridgehead atoms. The fourth-order valence-electron chi connectivity index (χ4n) is 2.69. The minimum atomic E-state index is -0.640. The number of hydrogen-bond donors (Lipinski definition) is 1. The zero-order chi connectivity index (χ0) is 10.9. The van der Waals surface area contributed by atoms with Crippen molar-refractivity contribution in [2.75, 3.05) is 18.8 Å². The highest BCUT2D eigenvalue weighted by Crippen LogP contribution is 2.39. The van der Waals surface area contributed by atoms with Crippen LogP contribution in [0.1, 0.15) is 32.6 Å². The van der Waals surface area contributed by atoms with Gasteiger partial charge in [0.1, 0.15) is 6.04 Å². The average molecular weight is 229 g/mol. The summed E-state index contributed by atoms with van der Waals surface area (Å²) in [6.07, 6.45) is 4.39. The Morgan fingerprint density at radius 2 is 2.40 bits per heavy atom. The molecule has 2 aliphatic heterocycles. The van der Waals surface area contributed by atoms with E-state index in [-0.39, 0.29) is 6.04 Å². The molecule has 2 unspecified atom stereocenters. The van der Waals surface area contributed by atoms with Crippen LogP contribution in [0.4, 0.5) is 0 Å². The van der Waals surface area contributed by atoms with E-state index in [1.54, 1.807) is 0 Å². The van der Waals surface area contributed by atoms with E-state index in [9.17, 15) is 4.79 Å². The van der Waals surface area contributed by atoms with Crippen LogP contribution in [0.3, 0.4) is 0 Å². The number of carbonyl (C=O) groups is 1. The molecule has 2 aliphatic rings. The largest absolute Gasteiger partial charge is 0.480 e. The Morgan fingerprint density at radius 3 is 3.00 bits per heavy atom. The van der Waals surface area contributed by atoms with Gasteiger partial charge in [-0.05, 0) is 44.9 Å². The Hall–Kier alpha value is -0.220. The third-order valence-electron chi connectivity index (χ3n) is 3.49. The van der Waals surface area contributed by atoms with E-state index < -0.39 is 5.97 Å². The van der Waals surface area contributed by atoms with Crippen molar-refractivity contribution in [1.82, 2.24) is 4.90 Å². The minimum absolute atomic E-state index is 0.219. The van der Waals surface area contributed by atoms with E-state index in [0.29, 0.717) is 4.75 Å². The zero-order valence-corrected chi connectivity index (χ0v) is 10.1. The molecule has 0 saturated carbocycles. The van der Waals surface area contributed by atoms with Crippen LogP contribution in [-0.4, -0.2) is 45.6 Å². The molecule has 0 radical (unpaired) electrons. The van der Waals surface area contributed by atoms with Gasteiger partial charge in [-0.3, -0.25) is 9.69 Å². The van der Waals surface area contributed by atoms with E-state index in [0.717, 1.165) is 25.9 Å². The molecule has 0 aliphatic carbocycles. The SMILES string of the molecule is CC1(CN2CCCC2C(=O)O)CCCS1. The summed E-state index contributed by atoms with van der Waals surface area (Å²) in [6, 6.07) is -0.219. The quantitative estimate of drug-likeness (QED) is 0.801. The van der Waals surface area contributed by atoms with Gasteiger partial charge in [-0.15, -0.1) is 0 Å². The minimum Gasteiger partial charge on any atom is -0.480 e. The average Bonchev–Trinajstić information content (AvgIpc) is 2.75. The first kappa shape index (κ1) is 11.3. The van der Waals surface area contributed by atoms with Crippen LogP contribution < -0.4 is 0 Å². The van der Waals surface area contributed by atoms with Crippen LogP contribution in [0.15, 0.2) is 0 Å². The maximum Gasteiger partial charge on any atom is 0.320 e. The molecule has 2 atom stereocenters. The number of aliphatic carboxylic acids is 1. The van der Waals surface area contributed by atoms with Crippen LogP contribution in [0.2, 0.25) is 0 Å². The van der Waals surface area contributed by atoms with Gasteiger partial charge >= 0.3 is 5.97 Å². The van der Waals surface area contributed by atoms with Crippen molar-refractivity contribution in [2.45, 2.75) is 43.4 Å². The summed E-state index contributed by atoms with van der Waals surface area (Å²) in [5.41, 5.74) is 0. The van der Waals surface area contributed by atoms with E-state index in [2.05, 4.69) is 11.8 Å². The fourth-order valence-corrected chi connectivity index (χ4v) is 4.01. The maximum atomic E-state index is 11.0. The highest BCUT2D eigenvalue weighted by atomic mass is 32.2. The van der Waals surface area contributed by atoms with Crippen LogP contribution in [0.5, 0.6) is 0 Å². The Labute approximate surface area is 95.2 Å². The molecule has 2 rings (SSSR count). The summed E-state index contributed by atoms with van der Waals surface area (Å²) < 4.78 is 0.304. The number of nitrogens with zero attached hydrogens (tertiary/aromatic N) is 1. The molecule has 2 fully saturated rings. The van der Waals surface area contributed by atoms with Crippen molar-refractivity contribution in [1.29, 1.82) is 0 Å². The first-order chi connectivity index (χ1) is 7.11. The van der Waals surface area contributed by atoms with Crippen LogP contribution in [-0.2, 0) is 4.79 Å². The van der Waals surface area contributed by atoms with Crippen molar-refractivity contribution in [2.24, 2.45) is 0 Å². The second kappa shape index (κ2) is 4.34. The zero-order valence-electron chi connectivity index (χ0n) is 9.24. The number of likely N-dealkylation sites (tertiary alicyclic amines) is 1. The van der Waals surface area contributed by atoms with E-state index in [4.69, 9.17) is 5.11 Å². The molecule has 4 heteroatoms. The molecule has 0 aromatic rings. The van der Waals surface area contributed by atoms with Crippen LogP contribution >= 0.6 is 11.8 Å². The number of rotatable bonds is 3. The summed E-state index contributed by atoms with van der Waals surface area (Å²) in [5.74, 6) is 0.598. The van der Waals surface area contributed by atoms with Gasteiger partial charge in [0.15, 0.2) is 0 Å². The van der Waals surface area contributed by atoms with Gasteiger partial charge < -0.3 is 5.11 Å². The standard InChI is InChI=1S/C11H19NO2S/c1-11(5-3-7-15-11)8-12-6-2-4-9(12)10(13)14/h9H,2-8H2,1H3,(H,13,14). The summed E-state index contributed by atoms with van der Waals surface area (Å²) in [4.78, 5) is 13.2. The van der Waals surface area contributed by atoms with Gasteiger partial charge in [0.25, 0.3) is 0 Å². The number of thioether (sulfide) groups is 1. The normalized spacial score (nSPS) is 37.3. The summed E-state index contributed by atoms with van der Waals surface area (Å²) in [5, 5.41) is 9.09. The van der Waals surface area contributed by atoms with Gasteiger partial charge in [0.2, 0.25) is 0 Å². The third-order valence-corrected chi connectivity index (χ3v) is 5.01. The van der Waals surface area contributed by atoms with Gasteiger partial charge in [-0.2, -0.15) is 11.8 Å². The van der Waals surface area contributed by atoms with Crippen molar-refractivity contribution >= 4 is 17.7 Å². The molecule has 0 aromatic carbocycles. The smallest absolute Gasteiger partial charge is 0.320 e. The second-order valence-electron chi connectivity index (χ2n) is 4.87. The number of carboxylic acid groups (broad SMARTS) is 1. The molecule has 2 saturated heterocycles. The highest BCUT2D eigenvalue weighted by molar-refractivity contribution is 8.00. The lowest BCUT2D eigenvalue weighted by atomic mass is 10.0. The number of carboxylic acids is 1. The molecular formula is C11H19NO2S. The van der Waals surface area contributed by atoms with Gasteiger partial charge in [0, 0.05) is 11.3 Å². The molecule has 1 N–H and O–H groups in total. The summed E-state index contributed by atoms with van der Waals surface area (Å²) >= 11 is 2.01. The first-order valence-electron chi connectivity index (χ1n) is 5.72. The van der Waals surface area contributed by atoms with Crippen molar-refractivity contribution in [3.8, 4) is 0 Å². The van der Waals surface area contributed by atoms with Gasteiger partial charge in [0.05, 0.1) is 0 Å². The van der Waals surface area contributed by atoms with Crippen molar-refractivity contribution in [3.63, 3.8) is 0 Å². The lowest BCUT2D eigenvalue weighted by Gasteiger charge is -2.31. The molecular weight excluding hydrogens is 210 g/mol. The first-order valence-corrected chi connectivity index (χ1v) is 6.70. The topological polar surface area (TPSA) is 40.5 Å². The Morgan fingerprint density at radius 1 is 1.60 bits per heavy atom. The van der Waals surface area contributed by atoms with Crippen molar-refractivity contribution in [3.05, 3.63) is 0 Å². The molecule has 3 nitrogen and oxygen atoms in total. The predicted molar refractivity (Wildman–Crippen MR) is 62.3 cm³/mol. The highest BCUT2D eigenvalue weighted by Gasteiger charge is 2.37. The van der Waals surface area contributed by atoms with Crippen LogP contribution in [0, 0.1) is 0 Å². The molecule has 0 amide bonds. The lowest BCUT2D eigenvalue weighted by Crippen LogP contribution is -2.43. The maximum absolute atomic E-state index is 11.0.